The molecule has 2 aromatic heterocycles. The van der Waals surface area contributed by atoms with Gasteiger partial charge in [-0.25, -0.2) is 0 Å². The fourth-order valence-corrected chi connectivity index (χ4v) is 2.81. The lowest BCUT2D eigenvalue weighted by molar-refractivity contribution is -0.122. The highest BCUT2D eigenvalue weighted by Gasteiger charge is 2.10. The van der Waals surface area contributed by atoms with Gasteiger partial charge in [0, 0.05) is 16.5 Å². The van der Waals surface area contributed by atoms with Crippen molar-refractivity contribution < 1.29 is 4.79 Å². The Labute approximate surface area is 107 Å². The first kappa shape index (κ1) is 12.1. The number of amides is 1. The van der Waals surface area contributed by atoms with Crippen LogP contribution >= 0.6 is 22.7 Å². The quantitative estimate of drug-likeness (QED) is 0.874. The highest BCUT2D eigenvalue weighted by molar-refractivity contribution is 7.10. The number of nitrogens with one attached hydrogen (secondary N) is 2. The molecule has 0 aliphatic rings. The minimum Gasteiger partial charge on any atom is -0.347 e. The number of thiophene rings is 1. The van der Waals surface area contributed by atoms with Crippen molar-refractivity contribution in [2.45, 2.75) is 19.5 Å². The molecular formula is C11H13N3OS2. The first-order valence-corrected chi connectivity index (χ1v) is 6.94. The Morgan fingerprint density at radius 3 is 2.94 bits per heavy atom. The van der Waals surface area contributed by atoms with Crippen LogP contribution in [0, 0.1) is 5.41 Å². The Morgan fingerprint density at radius 1 is 1.53 bits per heavy atom. The van der Waals surface area contributed by atoms with Gasteiger partial charge in [0.25, 0.3) is 0 Å². The van der Waals surface area contributed by atoms with Crippen LogP contribution in [-0.4, -0.2) is 10.5 Å². The second-order valence-electron chi connectivity index (χ2n) is 3.64. The number of rotatable bonds is 4. The van der Waals surface area contributed by atoms with Gasteiger partial charge < -0.3 is 9.88 Å². The Bertz CT molecular complexity index is 541. The molecule has 1 amide bonds. The summed E-state index contributed by atoms with van der Waals surface area (Å²) in [4.78, 5) is 13.3. The predicted octanol–water partition coefficient (Wildman–Crippen LogP) is 1.97. The molecular weight excluding hydrogens is 254 g/mol. The van der Waals surface area contributed by atoms with Crippen molar-refractivity contribution in [2.24, 2.45) is 0 Å². The van der Waals surface area contributed by atoms with E-state index in [9.17, 15) is 4.79 Å². The van der Waals surface area contributed by atoms with Crippen LogP contribution < -0.4 is 10.1 Å². The summed E-state index contributed by atoms with van der Waals surface area (Å²) in [5.41, 5.74) is 0. The molecule has 0 aromatic carbocycles. The third kappa shape index (κ3) is 3.04. The Hall–Kier alpha value is -1.40. The van der Waals surface area contributed by atoms with Crippen LogP contribution in [0.3, 0.4) is 0 Å². The highest BCUT2D eigenvalue weighted by Crippen LogP contribution is 2.17. The number of carbonyl (C=O) groups is 1. The van der Waals surface area contributed by atoms with E-state index < -0.39 is 0 Å². The monoisotopic (exact) mass is 267 g/mol. The first-order chi connectivity index (χ1) is 8.16. The van der Waals surface area contributed by atoms with Crippen LogP contribution in [0.25, 0.3) is 0 Å². The third-order valence-electron chi connectivity index (χ3n) is 2.34. The summed E-state index contributed by atoms with van der Waals surface area (Å²) < 4.78 is 1.63. The zero-order chi connectivity index (χ0) is 12.3. The molecule has 0 bridgehead atoms. The molecule has 2 rings (SSSR count). The molecule has 1 unspecified atom stereocenters. The van der Waals surface area contributed by atoms with Crippen molar-refractivity contribution in [2.75, 3.05) is 0 Å². The van der Waals surface area contributed by atoms with Crippen LogP contribution in [0.5, 0.6) is 0 Å². The SMILES string of the molecule is CC(NC(=O)Cn1ccsc1=N)c1cccs1. The molecule has 0 fully saturated rings. The maximum absolute atomic E-state index is 11.8. The summed E-state index contributed by atoms with van der Waals surface area (Å²) in [6, 6.07) is 4.00. The molecule has 6 heteroatoms. The molecule has 2 aromatic rings. The molecule has 2 N–H and O–H groups in total. The van der Waals surface area contributed by atoms with Gasteiger partial charge in [-0.3, -0.25) is 10.2 Å². The largest absolute Gasteiger partial charge is 0.347 e. The van der Waals surface area contributed by atoms with Gasteiger partial charge in [0.2, 0.25) is 5.91 Å². The summed E-state index contributed by atoms with van der Waals surface area (Å²) in [7, 11) is 0. The summed E-state index contributed by atoms with van der Waals surface area (Å²) in [5.74, 6) is -0.0669. The van der Waals surface area contributed by atoms with E-state index in [2.05, 4.69) is 5.32 Å². The van der Waals surface area contributed by atoms with Crippen molar-refractivity contribution in [1.82, 2.24) is 9.88 Å². The lowest BCUT2D eigenvalue weighted by Gasteiger charge is -2.12. The van der Waals surface area contributed by atoms with E-state index in [1.807, 2.05) is 24.4 Å². The lowest BCUT2D eigenvalue weighted by atomic mass is 10.3. The zero-order valence-corrected chi connectivity index (χ0v) is 11.0. The topological polar surface area (TPSA) is 57.9 Å². The minimum atomic E-state index is -0.0669. The highest BCUT2D eigenvalue weighted by atomic mass is 32.1. The van der Waals surface area contributed by atoms with Crippen molar-refractivity contribution in [3.8, 4) is 0 Å². The maximum Gasteiger partial charge on any atom is 0.240 e. The van der Waals surface area contributed by atoms with Crippen molar-refractivity contribution in [3.05, 3.63) is 38.8 Å². The smallest absolute Gasteiger partial charge is 0.240 e. The van der Waals surface area contributed by atoms with Crippen LogP contribution in [0.2, 0.25) is 0 Å². The molecule has 0 aliphatic carbocycles. The first-order valence-electron chi connectivity index (χ1n) is 5.18. The van der Waals surface area contributed by atoms with E-state index in [4.69, 9.17) is 5.41 Å². The Balaban J connectivity index is 1.94. The van der Waals surface area contributed by atoms with Crippen molar-refractivity contribution >= 4 is 28.6 Å². The average molecular weight is 267 g/mol. The molecule has 0 radical (unpaired) electrons. The Kier molecular flexibility index (Phi) is 3.75. The maximum atomic E-state index is 11.8. The van der Waals surface area contributed by atoms with E-state index >= 15 is 0 Å². The summed E-state index contributed by atoms with van der Waals surface area (Å²) >= 11 is 2.94. The fourth-order valence-electron chi connectivity index (χ4n) is 1.48. The number of aromatic nitrogens is 1. The number of nitrogens with zero attached hydrogens (tertiary/aromatic N) is 1. The number of thiazole rings is 1. The second kappa shape index (κ2) is 5.29. The van der Waals surface area contributed by atoms with Crippen LogP contribution in [0.1, 0.15) is 17.8 Å². The van der Waals surface area contributed by atoms with Gasteiger partial charge >= 0.3 is 0 Å². The molecule has 4 nitrogen and oxygen atoms in total. The standard InChI is InChI=1S/C11H13N3OS2/c1-8(9-3-2-5-16-9)13-10(15)7-14-4-6-17-11(14)12/h2-6,8,12H,7H2,1H3,(H,13,15). The Morgan fingerprint density at radius 2 is 2.35 bits per heavy atom. The van der Waals surface area contributed by atoms with Gasteiger partial charge in [-0.2, -0.15) is 0 Å². The third-order valence-corrected chi connectivity index (χ3v) is 4.11. The number of hydrogen-bond donors (Lipinski definition) is 2. The minimum absolute atomic E-state index is 0.0240. The van der Waals surface area contributed by atoms with E-state index in [-0.39, 0.29) is 18.5 Å². The van der Waals surface area contributed by atoms with Crippen molar-refractivity contribution in [1.29, 1.82) is 5.41 Å². The summed E-state index contributed by atoms with van der Waals surface area (Å²) in [6.07, 6.45) is 1.75. The summed E-state index contributed by atoms with van der Waals surface area (Å²) in [6.45, 7) is 2.17. The van der Waals surface area contributed by atoms with Gasteiger partial charge in [-0.15, -0.1) is 22.7 Å². The van der Waals surface area contributed by atoms with Crippen LogP contribution in [0.15, 0.2) is 29.1 Å². The number of hydrogen-bond acceptors (Lipinski definition) is 4. The van der Waals surface area contributed by atoms with Gasteiger partial charge in [0.1, 0.15) is 6.54 Å². The number of carbonyl (C=O) groups excluding carboxylic acids is 1. The normalized spacial score (nSPS) is 12.3. The molecule has 0 spiro atoms. The van der Waals surface area contributed by atoms with E-state index in [1.165, 1.54) is 11.3 Å². The van der Waals surface area contributed by atoms with Crippen molar-refractivity contribution in [3.63, 3.8) is 0 Å². The molecule has 0 saturated carbocycles. The van der Waals surface area contributed by atoms with Crippen LogP contribution in [0.4, 0.5) is 0 Å². The van der Waals surface area contributed by atoms with Gasteiger partial charge in [-0.05, 0) is 18.4 Å². The van der Waals surface area contributed by atoms with E-state index in [1.54, 1.807) is 27.5 Å². The lowest BCUT2D eigenvalue weighted by Crippen LogP contribution is -2.31. The molecule has 1 atom stereocenters. The van der Waals surface area contributed by atoms with Gasteiger partial charge in [0.15, 0.2) is 4.80 Å². The second-order valence-corrected chi connectivity index (χ2v) is 5.51. The molecule has 0 saturated heterocycles. The van der Waals surface area contributed by atoms with Gasteiger partial charge in [0.05, 0.1) is 6.04 Å². The summed E-state index contributed by atoms with van der Waals surface area (Å²) in [5, 5.41) is 14.3. The molecule has 17 heavy (non-hydrogen) atoms. The zero-order valence-electron chi connectivity index (χ0n) is 9.34. The average Bonchev–Trinajstić information content (AvgIpc) is 2.90. The molecule has 2 heterocycles. The van der Waals surface area contributed by atoms with E-state index in [0.29, 0.717) is 4.80 Å². The predicted molar refractivity (Wildman–Crippen MR) is 69.0 cm³/mol. The van der Waals surface area contributed by atoms with E-state index in [0.717, 1.165) is 4.88 Å². The fraction of sp³-hybridized carbons (Fsp3) is 0.273. The van der Waals surface area contributed by atoms with Gasteiger partial charge in [-0.1, -0.05) is 6.07 Å². The molecule has 90 valence electrons. The van der Waals surface area contributed by atoms with Crippen LogP contribution in [-0.2, 0) is 11.3 Å². The molecule has 0 aliphatic heterocycles.